The van der Waals surface area contributed by atoms with E-state index in [4.69, 9.17) is 0 Å². The van der Waals surface area contributed by atoms with E-state index in [9.17, 15) is 0 Å². The summed E-state index contributed by atoms with van der Waals surface area (Å²) in [5.41, 5.74) is 1.38. The van der Waals surface area contributed by atoms with Crippen molar-refractivity contribution >= 4 is 0 Å². The summed E-state index contributed by atoms with van der Waals surface area (Å²) >= 11 is 0. The number of likely N-dealkylation sites (tertiary alicyclic amines) is 1. The molecule has 21 heavy (non-hydrogen) atoms. The number of nitrogens with zero attached hydrogens (tertiary/aromatic N) is 1. The molecule has 0 amide bonds. The first kappa shape index (κ1) is 14.7. The van der Waals surface area contributed by atoms with Gasteiger partial charge in [-0.2, -0.15) is 0 Å². The van der Waals surface area contributed by atoms with Gasteiger partial charge in [0.25, 0.3) is 0 Å². The standard InChI is InChI=1S/C20H27N/c1-4-10-18(11-5-1)14-15-20(19-12-6-2-7-13-19)21-16-8-3-9-17-21/h2,6-7,12-13,18,20H,1,3-5,8-11,16-17H2. The predicted molar refractivity (Wildman–Crippen MR) is 89.0 cm³/mol. The lowest BCUT2D eigenvalue weighted by molar-refractivity contribution is 0.197. The van der Waals surface area contributed by atoms with Gasteiger partial charge >= 0.3 is 0 Å². The molecule has 1 atom stereocenters. The SMILES string of the molecule is C(#CC(c1ccccc1)N1CCCCC1)C1CCCCC1. The second kappa shape index (κ2) is 7.66. The quantitative estimate of drug-likeness (QED) is 0.704. The molecule has 1 aromatic carbocycles. The van der Waals surface area contributed by atoms with Crippen LogP contribution in [-0.4, -0.2) is 18.0 Å². The molecule has 1 aliphatic carbocycles. The van der Waals surface area contributed by atoms with Crippen molar-refractivity contribution in [3.63, 3.8) is 0 Å². The third-order valence-electron chi connectivity index (χ3n) is 4.90. The van der Waals surface area contributed by atoms with Crippen LogP contribution in [0.1, 0.15) is 63.0 Å². The van der Waals surface area contributed by atoms with E-state index in [-0.39, 0.29) is 0 Å². The van der Waals surface area contributed by atoms with Gasteiger partial charge in [-0.3, -0.25) is 4.90 Å². The van der Waals surface area contributed by atoms with E-state index in [2.05, 4.69) is 47.1 Å². The molecule has 0 N–H and O–H groups in total. The minimum absolute atomic E-state index is 0.313. The van der Waals surface area contributed by atoms with Gasteiger partial charge in [-0.25, -0.2) is 0 Å². The summed E-state index contributed by atoms with van der Waals surface area (Å²) in [4.78, 5) is 2.59. The van der Waals surface area contributed by atoms with Gasteiger partial charge in [0.15, 0.2) is 0 Å². The second-order valence-electron chi connectivity index (χ2n) is 6.53. The number of hydrogen-bond donors (Lipinski definition) is 0. The van der Waals surface area contributed by atoms with E-state index in [0.29, 0.717) is 12.0 Å². The van der Waals surface area contributed by atoms with E-state index < -0.39 is 0 Å². The zero-order chi connectivity index (χ0) is 14.3. The Kier molecular flexibility index (Phi) is 5.35. The fraction of sp³-hybridized carbons (Fsp3) is 0.600. The molecule has 0 radical (unpaired) electrons. The first-order chi connectivity index (χ1) is 10.4. The van der Waals surface area contributed by atoms with Crippen molar-refractivity contribution in [1.29, 1.82) is 0 Å². The van der Waals surface area contributed by atoms with Gasteiger partial charge < -0.3 is 0 Å². The Morgan fingerprint density at radius 2 is 1.52 bits per heavy atom. The third-order valence-corrected chi connectivity index (χ3v) is 4.90. The van der Waals surface area contributed by atoms with Crippen LogP contribution in [0.5, 0.6) is 0 Å². The average Bonchev–Trinajstić information content (AvgIpc) is 2.58. The Labute approximate surface area is 129 Å². The van der Waals surface area contributed by atoms with Gasteiger partial charge in [0, 0.05) is 5.92 Å². The summed E-state index contributed by atoms with van der Waals surface area (Å²) in [5, 5.41) is 0. The fourth-order valence-electron chi connectivity index (χ4n) is 3.64. The minimum atomic E-state index is 0.313. The number of benzene rings is 1. The van der Waals surface area contributed by atoms with Crippen LogP contribution in [0, 0.1) is 17.8 Å². The highest BCUT2D eigenvalue weighted by atomic mass is 15.2. The molecule has 1 aromatic rings. The number of hydrogen-bond acceptors (Lipinski definition) is 1. The molecule has 3 rings (SSSR count). The van der Waals surface area contributed by atoms with Crippen molar-refractivity contribution in [3.05, 3.63) is 35.9 Å². The summed E-state index contributed by atoms with van der Waals surface area (Å²) in [6.45, 7) is 2.41. The molecular formula is C20H27N. The summed E-state index contributed by atoms with van der Waals surface area (Å²) in [5.74, 6) is 7.93. The van der Waals surface area contributed by atoms with Gasteiger partial charge in [-0.15, -0.1) is 0 Å². The first-order valence-corrected chi connectivity index (χ1v) is 8.73. The highest BCUT2D eigenvalue weighted by molar-refractivity contribution is 5.28. The van der Waals surface area contributed by atoms with Gasteiger partial charge in [0.2, 0.25) is 0 Å². The monoisotopic (exact) mass is 281 g/mol. The Morgan fingerprint density at radius 1 is 0.857 bits per heavy atom. The number of rotatable bonds is 2. The fourth-order valence-corrected chi connectivity index (χ4v) is 3.64. The molecule has 0 bridgehead atoms. The average molecular weight is 281 g/mol. The topological polar surface area (TPSA) is 3.24 Å². The van der Waals surface area contributed by atoms with Crippen LogP contribution >= 0.6 is 0 Å². The lowest BCUT2D eigenvalue weighted by atomic mass is 9.89. The number of piperidine rings is 1. The van der Waals surface area contributed by atoms with Crippen LogP contribution in [0.3, 0.4) is 0 Å². The summed E-state index contributed by atoms with van der Waals surface area (Å²) in [6.07, 6.45) is 10.8. The molecule has 2 fully saturated rings. The molecule has 2 aliphatic rings. The minimum Gasteiger partial charge on any atom is -0.286 e. The summed E-state index contributed by atoms with van der Waals surface area (Å²) < 4.78 is 0. The van der Waals surface area contributed by atoms with E-state index in [1.165, 1.54) is 70.0 Å². The molecule has 1 heteroatoms. The predicted octanol–water partition coefficient (Wildman–Crippen LogP) is 4.80. The zero-order valence-electron chi connectivity index (χ0n) is 13.1. The Hall–Kier alpha value is -1.26. The molecule has 112 valence electrons. The summed E-state index contributed by atoms with van der Waals surface area (Å²) in [7, 11) is 0. The normalized spacial score (nSPS) is 22.3. The lowest BCUT2D eigenvalue weighted by Gasteiger charge is -2.32. The molecule has 1 unspecified atom stereocenters. The Bertz CT molecular complexity index is 470. The molecular weight excluding hydrogens is 254 g/mol. The van der Waals surface area contributed by atoms with Gasteiger partial charge in [-0.1, -0.05) is 67.9 Å². The van der Waals surface area contributed by atoms with Crippen LogP contribution < -0.4 is 0 Å². The Balaban J connectivity index is 1.76. The maximum atomic E-state index is 3.65. The molecule has 0 spiro atoms. The van der Waals surface area contributed by atoms with Crippen molar-refractivity contribution in [2.24, 2.45) is 5.92 Å². The van der Waals surface area contributed by atoms with Gasteiger partial charge in [0.1, 0.15) is 0 Å². The van der Waals surface area contributed by atoms with Crippen molar-refractivity contribution in [2.75, 3.05) is 13.1 Å². The van der Waals surface area contributed by atoms with Gasteiger partial charge in [0.05, 0.1) is 6.04 Å². The van der Waals surface area contributed by atoms with Crippen molar-refractivity contribution < 1.29 is 0 Å². The molecule has 1 nitrogen and oxygen atoms in total. The molecule has 1 saturated heterocycles. The van der Waals surface area contributed by atoms with Crippen LogP contribution in [0.2, 0.25) is 0 Å². The molecule has 1 heterocycles. The third kappa shape index (κ3) is 4.11. The van der Waals surface area contributed by atoms with Crippen LogP contribution in [-0.2, 0) is 0 Å². The second-order valence-corrected chi connectivity index (χ2v) is 6.53. The van der Waals surface area contributed by atoms with E-state index in [1.54, 1.807) is 0 Å². The molecule has 0 aromatic heterocycles. The van der Waals surface area contributed by atoms with E-state index in [1.807, 2.05) is 0 Å². The highest BCUT2D eigenvalue weighted by Crippen LogP contribution is 2.26. The maximum Gasteiger partial charge on any atom is 0.0970 e. The highest BCUT2D eigenvalue weighted by Gasteiger charge is 2.20. The van der Waals surface area contributed by atoms with Gasteiger partial charge in [-0.05, 0) is 44.3 Å². The van der Waals surface area contributed by atoms with Crippen molar-refractivity contribution in [1.82, 2.24) is 4.90 Å². The Morgan fingerprint density at radius 3 is 2.24 bits per heavy atom. The van der Waals surface area contributed by atoms with Crippen LogP contribution in [0.15, 0.2) is 30.3 Å². The first-order valence-electron chi connectivity index (χ1n) is 8.73. The zero-order valence-corrected chi connectivity index (χ0v) is 13.1. The maximum absolute atomic E-state index is 3.65. The largest absolute Gasteiger partial charge is 0.286 e. The van der Waals surface area contributed by atoms with E-state index in [0.717, 1.165) is 0 Å². The van der Waals surface area contributed by atoms with Crippen LogP contribution in [0.25, 0.3) is 0 Å². The molecule has 1 aliphatic heterocycles. The smallest absolute Gasteiger partial charge is 0.0970 e. The summed E-state index contributed by atoms with van der Waals surface area (Å²) in [6, 6.07) is 11.2. The van der Waals surface area contributed by atoms with Crippen molar-refractivity contribution in [2.45, 2.75) is 57.4 Å². The molecule has 1 saturated carbocycles. The van der Waals surface area contributed by atoms with Crippen molar-refractivity contribution in [3.8, 4) is 11.8 Å². The van der Waals surface area contributed by atoms with E-state index >= 15 is 0 Å². The van der Waals surface area contributed by atoms with Crippen LogP contribution in [0.4, 0.5) is 0 Å². The lowest BCUT2D eigenvalue weighted by Crippen LogP contribution is -2.33.